The maximum atomic E-state index is 7.54. The van der Waals surface area contributed by atoms with Crippen LogP contribution in [0.15, 0.2) is 28.8 Å². The number of halogens is 1. The average Bonchev–Trinajstić information content (AvgIpc) is 3.06. The van der Waals surface area contributed by atoms with Gasteiger partial charge in [-0.3, -0.25) is 5.41 Å². The number of aryl methyl sites for hydroxylation is 1. The van der Waals surface area contributed by atoms with Gasteiger partial charge in [0.1, 0.15) is 6.04 Å². The summed E-state index contributed by atoms with van der Waals surface area (Å²) in [4.78, 5) is 6.26. The van der Waals surface area contributed by atoms with E-state index in [4.69, 9.17) is 15.7 Å². The zero-order chi connectivity index (χ0) is 18.4. The predicted octanol–water partition coefficient (Wildman–Crippen LogP) is 4.70. The van der Waals surface area contributed by atoms with Crippen molar-refractivity contribution in [2.45, 2.75) is 64.3 Å². The summed E-state index contributed by atoms with van der Waals surface area (Å²) < 4.78 is 5.39. The molecule has 148 valence electrons. The number of nitrogens with one attached hydrogen (secondary N) is 1. The number of nitrogens with two attached hydrogens (primary N) is 1. The Balaban J connectivity index is 0.00000261. The maximum absolute atomic E-state index is 7.54. The average molecular weight is 392 g/mol. The lowest BCUT2D eigenvalue weighted by Gasteiger charge is -2.38. The van der Waals surface area contributed by atoms with E-state index in [1.165, 1.54) is 44.1 Å². The number of aromatic nitrogens is 2. The van der Waals surface area contributed by atoms with Gasteiger partial charge < -0.3 is 15.2 Å². The molecular formula is C20H30ClN5O. The van der Waals surface area contributed by atoms with Gasteiger partial charge in [0.15, 0.2) is 5.96 Å². The van der Waals surface area contributed by atoms with Crippen LogP contribution in [-0.2, 0) is 6.42 Å². The number of unbranched alkanes of at least 4 members (excludes halogenated alkanes) is 5. The van der Waals surface area contributed by atoms with Crippen LogP contribution in [0.2, 0.25) is 0 Å². The fourth-order valence-corrected chi connectivity index (χ4v) is 3.35. The van der Waals surface area contributed by atoms with Crippen LogP contribution >= 0.6 is 12.4 Å². The highest BCUT2D eigenvalue weighted by molar-refractivity contribution is 5.85. The van der Waals surface area contributed by atoms with Crippen molar-refractivity contribution in [3.05, 3.63) is 35.7 Å². The highest BCUT2D eigenvalue weighted by atomic mass is 35.5. The third-order valence-corrected chi connectivity index (χ3v) is 5.09. The van der Waals surface area contributed by atoms with Gasteiger partial charge in [-0.1, -0.05) is 68.4 Å². The van der Waals surface area contributed by atoms with E-state index < -0.39 is 0 Å². The summed E-state index contributed by atoms with van der Waals surface area (Å²) >= 11 is 0. The van der Waals surface area contributed by atoms with E-state index in [-0.39, 0.29) is 24.4 Å². The number of hydrogen-bond donors (Lipinski definition) is 2. The third-order valence-electron chi connectivity index (χ3n) is 5.09. The molecule has 3 N–H and O–H groups in total. The molecule has 1 fully saturated rings. The topological polar surface area (TPSA) is 92.0 Å². The fraction of sp³-hybridized carbons (Fsp3) is 0.550. The molecule has 0 radical (unpaired) electrons. The largest absolute Gasteiger partial charge is 0.370 e. The van der Waals surface area contributed by atoms with E-state index in [1.54, 1.807) is 4.90 Å². The van der Waals surface area contributed by atoms with E-state index in [0.717, 1.165) is 24.9 Å². The Labute approximate surface area is 167 Å². The van der Waals surface area contributed by atoms with Gasteiger partial charge in [-0.15, -0.1) is 12.4 Å². The van der Waals surface area contributed by atoms with Gasteiger partial charge in [0, 0.05) is 12.1 Å². The van der Waals surface area contributed by atoms with Crippen LogP contribution in [0, 0.1) is 5.41 Å². The molecule has 3 rings (SSSR count). The fourth-order valence-electron chi connectivity index (χ4n) is 3.35. The van der Waals surface area contributed by atoms with Gasteiger partial charge in [0.2, 0.25) is 11.7 Å². The molecule has 1 aliphatic heterocycles. The van der Waals surface area contributed by atoms with E-state index in [2.05, 4.69) is 41.3 Å². The maximum Gasteiger partial charge on any atom is 0.249 e. The number of likely N-dealkylation sites (tertiary alicyclic amines) is 1. The molecule has 2 aromatic rings. The molecule has 1 atom stereocenters. The Morgan fingerprint density at radius 3 is 2.52 bits per heavy atom. The normalized spacial score (nSPS) is 15.9. The van der Waals surface area contributed by atoms with Gasteiger partial charge in [0.05, 0.1) is 0 Å². The van der Waals surface area contributed by atoms with E-state index >= 15 is 0 Å². The molecule has 0 amide bonds. The first-order chi connectivity index (χ1) is 12.7. The molecule has 0 unspecified atom stereocenters. The van der Waals surface area contributed by atoms with Crippen LogP contribution in [0.25, 0.3) is 11.4 Å². The Morgan fingerprint density at radius 1 is 1.19 bits per heavy atom. The van der Waals surface area contributed by atoms with E-state index in [1.807, 2.05) is 0 Å². The number of hydrogen-bond acceptors (Lipinski definition) is 4. The molecule has 1 saturated heterocycles. The van der Waals surface area contributed by atoms with E-state index in [9.17, 15) is 0 Å². The number of benzene rings is 1. The molecular weight excluding hydrogens is 362 g/mol. The molecule has 0 saturated carbocycles. The summed E-state index contributed by atoms with van der Waals surface area (Å²) in [5.74, 6) is 1.19. The Morgan fingerprint density at radius 2 is 1.89 bits per heavy atom. The number of guanidine groups is 1. The van der Waals surface area contributed by atoms with Gasteiger partial charge in [-0.25, -0.2) is 0 Å². The first kappa shape index (κ1) is 21.2. The minimum absolute atomic E-state index is 0. The molecule has 7 heteroatoms. The molecule has 1 aromatic carbocycles. The highest BCUT2D eigenvalue weighted by Crippen LogP contribution is 2.32. The molecule has 0 aliphatic carbocycles. The quantitative estimate of drug-likeness (QED) is 0.367. The van der Waals surface area contributed by atoms with Gasteiger partial charge in [-0.2, -0.15) is 4.98 Å². The van der Waals surface area contributed by atoms with Gasteiger partial charge in [0.25, 0.3) is 0 Å². The van der Waals surface area contributed by atoms with Crippen LogP contribution in [0.4, 0.5) is 0 Å². The number of rotatable bonds is 9. The molecule has 1 aliphatic rings. The minimum Gasteiger partial charge on any atom is -0.370 e. The second-order valence-corrected chi connectivity index (χ2v) is 7.05. The summed E-state index contributed by atoms with van der Waals surface area (Å²) in [5.41, 5.74) is 7.87. The first-order valence-electron chi connectivity index (χ1n) is 9.72. The Hall–Kier alpha value is -2.08. The first-order valence-corrected chi connectivity index (χ1v) is 9.72. The predicted molar refractivity (Wildman–Crippen MR) is 110 cm³/mol. The van der Waals surface area contributed by atoms with Crippen molar-refractivity contribution in [3.63, 3.8) is 0 Å². The Kier molecular flexibility index (Phi) is 8.10. The monoisotopic (exact) mass is 391 g/mol. The van der Waals surface area contributed by atoms with Crippen LogP contribution < -0.4 is 5.73 Å². The van der Waals surface area contributed by atoms with E-state index in [0.29, 0.717) is 11.7 Å². The zero-order valence-corrected chi connectivity index (χ0v) is 16.8. The molecule has 0 spiro atoms. The van der Waals surface area contributed by atoms with Crippen LogP contribution in [-0.4, -0.2) is 27.5 Å². The van der Waals surface area contributed by atoms with Crippen LogP contribution in [0.1, 0.15) is 69.4 Å². The summed E-state index contributed by atoms with van der Waals surface area (Å²) in [6, 6.07) is 8.38. The van der Waals surface area contributed by atoms with Crippen molar-refractivity contribution < 1.29 is 4.52 Å². The second kappa shape index (κ2) is 10.3. The molecule has 6 nitrogen and oxygen atoms in total. The van der Waals surface area contributed by atoms with Crippen molar-refractivity contribution in [3.8, 4) is 11.4 Å². The lowest BCUT2D eigenvalue weighted by atomic mass is 10.0. The zero-order valence-electron chi connectivity index (χ0n) is 16.0. The lowest BCUT2D eigenvalue weighted by molar-refractivity contribution is 0.141. The minimum atomic E-state index is -0.0549. The van der Waals surface area contributed by atoms with Gasteiger partial charge in [-0.05, 0) is 24.8 Å². The lowest BCUT2D eigenvalue weighted by Crippen LogP contribution is -2.48. The Bertz CT molecular complexity index is 715. The summed E-state index contributed by atoms with van der Waals surface area (Å²) in [6.45, 7) is 3.02. The standard InChI is InChI=1S/C20H29N5O.ClH/c1-2-3-4-5-6-7-8-15-9-11-16(12-10-15)18-23-19(26-24-18)17-13-14-25(17)20(21)22;/h9-12,17H,2-8,13-14H2,1H3,(H3,21,22);1H/t17-;/m0./s1. The molecule has 27 heavy (non-hydrogen) atoms. The van der Waals surface area contributed by atoms with Crippen LogP contribution in [0.3, 0.4) is 0 Å². The molecule has 2 heterocycles. The smallest absolute Gasteiger partial charge is 0.249 e. The van der Waals surface area contributed by atoms with Crippen molar-refractivity contribution >= 4 is 18.4 Å². The molecule has 0 bridgehead atoms. The summed E-state index contributed by atoms with van der Waals surface area (Å²) in [7, 11) is 0. The van der Waals surface area contributed by atoms with Crippen molar-refractivity contribution in [1.82, 2.24) is 15.0 Å². The van der Waals surface area contributed by atoms with Crippen molar-refractivity contribution in [2.75, 3.05) is 6.54 Å². The highest BCUT2D eigenvalue weighted by Gasteiger charge is 2.35. The van der Waals surface area contributed by atoms with Crippen LogP contribution in [0.5, 0.6) is 0 Å². The van der Waals surface area contributed by atoms with Crippen molar-refractivity contribution in [1.29, 1.82) is 5.41 Å². The molecule has 1 aromatic heterocycles. The SMILES string of the molecule is CCCCCCCCc1ccc(-c2noc([C@@H]3CCN3C(=N)N)n2)cc1.Cl. The van der Waals surface area contributed by atoms with Gasteiger partial charge >= 0.3 is 0 Å². The summed E-state index contributed by atoms with van der Waals surface area (Å²) in [6.07, 6.45) is 9.92. The van der Waals surface area contributed by atoms with Crippen molar-refractivity contribution in [2.24, 2.45) is 5.73 Å². The second-order valence-electron chi connectivity index (χ2n) is 7.05. The number of nitrogens with zero attached hydrogens (tertiary/aromatic N) is 3. The summed E-state index contributed by atoms with van der Waals surface area (Å²) in [5, 5.41) is 11.6. The third kappa shape index (κ3) is 5.45.